The van der Waals surface area contributed by atoms with Crippen molar-refractivity contribution in [1.29, 1.82) is 5.26 Å². The van der Waals surface area contributed by atoms with Crippen molar-refractivity contribution < 1.29 is 4.74 Å². The quantitative estimate of drug-likeness (QED) is 0.301. The van der Waals surface area contributed by atoms with Crippen molar-refractivity contribution in [1.82, 2.24) is 34.7 Å². The van der Waals surface area contributed by atoms with Crippen molar-refractivity contribution >= 4 is 28.5 Å². The Balaban J connectivity index is 1.30. The second-order valence-corrected chi connectivity index (χ2v) is 8.69. The summed E-state index contributed by atoms with van der Waals surface area (Å²) in [6, 6.07) is 10.8. The molecule has 6 rings (SSSR count). The minimum atomic E-state index is 0.244. The first-order valence-corrected chi connectivity index (χ1v) is 11.6. The van der Waals surface area contributed by atoms with Gasteiger partial charge in [0, 0.05) is 36.9 Å². The highest BCUT2D eigenvalue weighted by Gasteiger charge is 2.23. The molecule has 1 aromatic carbocycles. The van der Waals surface area contributed by atoms with Crippen molar-refractivity contribution in [2.45, 2.75) is 24.9 Å². The number of morpholine rings is 1. The van der Waals surface area contributed by atoms with Gasteiger partial charge in [0.25, 0.3) is 0 Å². The summed E-state index contributed by atoms with van der Waals surface area (Å²) in [7, 11) is 0. The normalized spacial score (nSPS) is 17.7. The fourth-order valence-electron chi connectivity index (χ4n) is 4.09. The van der Waals surface area contributed by atoms with Crippen LogP contribution in [0.4, 0.5) is 22.9 Å². The van der Waals surface area contributed by atoms with E-state index in [0.29, 0.717) is 29.8 Å². The lowest BCUT2D eigenvalue weighted by Crippen LogP contribution is -2.45. The van der Waals surface area contributed by atoms with Gasteiger partial charge in [0.15, 0.2) is 17.2 Å². The Morgan fingerprint density at radius 1 is 1.17 bits per heavy atom. The van der Waals surface area contributed by atoms with Crippen LogP contribution >= 0.6 is 0 Å². The molecular formula is C23H25N11O. The van der Waals surface area contributed by atoms with E-state index >= 15 is 0 Å². The van der Waals surface area contributed by atoms with Gasteiger partial charge in [-0.05, 0) is 31.0 Å². The molecule has 1 atom stereocenters. The van der Waals surface area contributed by atoms with Crippen LogP contribution < -0.4 is 21.3 Å². The smallest absolute Gasteiger partial charge is 0.178 e. The maximum atomic E-state index is 9.48. The molecule has 12 nitrogen and oxygen atoms in total. The van der Waals surface area contributed by atoms with E-state index in [1.165, 1.54) is 0 Å². The van der Waals surface area contributed by atoms with Crippen LogP contribution in [0.2, 0.25) is 0 Å². The van der Waals surface area contributed by atoms with Gasteiger partial charge in [0.2, 0.25) is 0 Å². The molecule has 12 heteroatoms. The molecule has 178 valence electrons. The molecule has 0 spiro atoms. The summed E-state index contributed by atoms with van der Waals surface area (Å²) in [5, 5.41) is 35.9. The SMILES string of the molecule is N#Cc1cnc2c(NC3CC3)cc(Nc3ccc(NCC4COCCN4)c(-n4cnnc4)c3)nn12. The number of nitriles is 1. The summed E-state index contributed by atoms with van der Waals surface area (Å²) >= 11 is 0. The summed E-state index contributed by atoms with van der Waals surface area (Å²) in [4.78, 5) is 4.39. The summed E-state index contributed by atoms with van der Waals surface area (Å²) in [6.07, 6.45) is 7.13. The molecule has 0 bridgehead atoms. The average molecular weight is 472 g/mol. The minimum Gasteiger partial charge on any atom is -0.382 e. The van der Waals surface area contributed by atoms with Gasteiger partial charge < -0.3 is 26.0 Å². The third kappa shape index (κ3) is 4.59. The van der Waals surface area contributed by atoms with Crippen LogP contribution in [0.3, 0.4) is 0 Å². The molecule has 0 radical (unpaired) electrons. The van der Waals surface area contributed by atoms with E-state index in [4.69, 9.17) is 4.74 Å². The molecule has 2 aliphatic rings. The Bertz CT molecular complexity index is 1360. The lowest BCUT2D eigenvalue weighted by Gasteiger charge is -2.25. The number of ether oxygens (including phenoxy) is 1. The molecule has 2 fully saturated rings. The number of anilines is 4. The van der Waals surface area contributed by atoms with Gasteiger partial charge in [0.1, 0.15) is 18.7 Å². The number of rotatable bonds is 8. The highest BCUT2D eigenvalue weighted by Crippen LogP contribution is 2.30. The fraction of sp³-hybridized carbons (Fsp3) is 0.348. The van der Waals surface area contributed by atoms with E-state index in [0.717, 1.165) is 55.3 Å². The number of hydrogen-bond acceptors (Lipinski definition) is 10. The zero-order valence-electron chi connectivity index (χ0n) is 19.0. The maximum absolute atomic E-state index is 9.48. The number of aromatic nitrogens is 6. The van der Waals surface area contributed by atoms with Crippen molar-refractivity contribution in [3.63, 3.8) is 0 Å². The van der Waals surface area contributed by atoms with E-state index in [1.54, 1.807) is 23.4 Å². The molecule has 4 N–H and O–H groups in total. The van der Waals surface area contributed by atoms with E-state index in [2.05, 4.69) is 47.6 Å². The summed E-state index contributed by atoms with van der Waals surface area (Å²) in [5.41, 5.74) is 4.56. The Morgan fingerprint density at radius 2 is 2.06 bits per heavy atom. The van der Waals surface area contributed by atoms with Crippen LogP contribution in [0.25, 0.3) is 11.3 Å². The molecule has 3 aromatic heterocycles. The van der Waals surface area contributed by atoms with Crippen LogP contribution in [0.15, 0.2) is 43.1 Å². The second-order valence-electron chi connectivity index (χ2n) is 8.69. The third-order valence-electron chi connectivity index (χ3n) is 6.02. The molecule has 1 aliphatic carbocycles. The number of imidazole rings is 1. The molecule has 1 unspecified atom stereocenters. The Morgan fingerprint density at radius 3 is 2.83 bits per heavy atom. The van der Waals surface area contributed by atoms with Gasteiger partial charge in [-0.3, -0.25) is 4.57 Å². The molecule has 35 heavy (non-hydrogen) atoms. The Hall–Kier alpha value is -4.21. The minimum absolute atomic E-state index is 0.244. The van der Waals surface area contributed by atoms with Gasteiger partial charge in [-0.2, -0.15) is 9.78 Å². The maximum Gasteiger partial charge on any atom is 0.178 e. The highest BCUT2D eigenvalue weighted by atomic mass is 16.5. The zero-order valence-corrected chi connectivity index (χ0v) is 19.0. The molecule has 1 saturated carbocycles. The summed E-state index contributed by atoms with van der Waals surface area (Å²) < 4.78 is 8.99. The molecule has 1 saturated heterocycles. The number of benzene rings is 1. The molecule has 4 aromatic rings. The van der Waals surface area contributed by atoms with Gasteiger partial charge in [-0.25, -0.2) is 4.98 Å². The highest BCUT2D eigenvalue weighted by molar-refractivity contribution is 5.75. The predicted octanol–water partition coefficient (Wildman–Crippen LogP) is 1.90. The summed E-state index contributed by atoms with van der Waals surface area (Å²) in [6.45, 7) is 3.01. The molecule has 1 aliphatic heterocycles. The van der Waals surface area contributed by atoms with E-state index in [9.17, 15) is 5.26 Å². The van der Waals surface area contributed by atoms with E-state index in [-0.39, 0.29) is 6.04 Å². The van der Waals surface area contributed by atoms with Crippen molar-refractivity contribution in [2.75, 3.05) is 42.3 Å². The first kappa shape index (κ1) is 21.3. The summed E-state index contributed by atoms with van der Waals surface area (Å²) in [5.74, 6) is 0.606. The predicted molar refractivity (Wildman–Crippen MR) is 130 cm³/mol. The molecule has 4 heterocycles. The first-order valence-electron chi connectivity index (χ1n) is 11.6. The van der Waals surface area contributed by atoms with Crippen molar-refractivity contribution in [3.05, 3.63) is 48.8 Å². The van der Waals surface area contributed by atoms with Crippen LogP contribution in [0.1, 0.15) is 18.5 Å². The Labute approximate surface area is 201 Å². The van der Waals surface area contributed by atoms with Crippen LogP contribution in [0.5, 0.6) is 0 Å². The van der Waals surface area contributed by atoms with Crippen molar-refractivity contribution in [3.8, 4) is 11.8 Å². The monoisotopic (exact) mass is 471 g/mol. The van der Waals surface area contributed by atoms with E-state index < -0.39 is 0 Å². The number of fused-ring (bicyclic) bond motifs is 1. The second kappa shape index (κ2) is 9.21. The van der Waals surface area contributed by atoms with Gasteiger partial charge >= 0.3 is 0 Å². The van der Waals surface area contributed by atoms with Gasteiger partial charge in [-0.15, -0.1) is 15.3 Å². The number of nitrogens with zero attached hydrogens (tertiary/aromatic N) is 7. The standard InChI is InChI=1S/C23H25N11O/c24-9-18-11-27-23-20(30-15-1-2-15)8-22(32-34(18)23)31-16-3-4-19(21(7-16)33-13-28-29-14-33)26-10-17-12-35-6-5-25-17/h3-4,7-8,11,13-15,17,25-26,30H,1-2,5-6,10,12H2,(H,31,32). The average Bonchev–Trinajstić information content (AvgIpc) is 3.36. The fourth-order valence-corrected chi connectivity index (χ4v) is 4.09. The van der Waals surface area contributed by atoms with Crippen LogP contribution in [-0.2, 0) is 4.74 Å². The largest absolute Gasteiger partial charge is 0.382 e. The van der Waals surface area contributed by atoms with Crippen LogP contribution in [-0.4, -0.2) is 67.7 Å². The number of hydrogen-bond donors (Lipinski definition) is 4. The molecular weight excluding hydrogens is 446 g/mol. The first-order chi connectivity index (χ1) is 17.3. The lowest BCUT2D eigenvalue weighted by molar-refractivity contribution is 0.0806. The lowest BCUT2D eigenvalue weighted by atomic mass is 10.2. The number of nitrogens with one attached hydrogen (secondary N) is 4. The topological polar surface area (TPSA) is 142 Å². The van der Waals surface area contributed by atoms with Gasteiger partial charge in [0.05, 0.1) is 36.5 Å². The van der Waals surface area contributed by atoms with Crippen LogP contribution in [0, 0.1) is 11.3 Å². The zero-order chi connectivity index (χ0) is 23.6. The van der Waals surface area contributed by atoms with E-state index in [1.807, 2.05) is 28.8 Å². The third-order valence-corrected chi connectivity index (χ3v) is 6.02. The van der Waals surface area contributed by atoms with Crippen molar-refractivity contribution in [2.24, 2.45) is 0 Å². The van der Waals surface area contributed by atoms with Gasteiger partial charge in [-0.1, -0.05) is 0 Å². The molecule has 0 amide bonds. The Kier molecular flexibility index (Phi) is 5.61.